The molecule has 7 heteroatoms. The van der Waals surface area contributed by atoms with Crippen molar-refractivity contribution >= 4 is 15.9 Å². The largest absolute Gasteiger partial charge is 0.387 e. The Balaban J connectivity index is 1.83. The fourth-order valence-electron chi connectivity index (χ4n) is 1.68. The van der Waals surface area contributed by atoms with E-state index in [9.17, 15) is 5.11 Å². The topological polar surface area (TPSA) is 67.9 Å². The Bertz CT molecular complexity index is 521. The van der Waals surface area contributed by atoms with E-state index in [1.54, 1.807) is 15.6 Å². The molecule has 2 N–H and O–H groups in total. The van der Waals surface area contributed by atoms with Gasteiger partial charge in [-0.2, -0.15) is 10.2 Å². The monoisotopic (exact) mass is 313 g/mol. The van der Waals surface area contributed by atoms with Crippen LogP contribution in [-0.2, 0) is 20.6 Å². The van der Waals surface area contributed by atoms with Crippen molar-refractivity contribution in [2.24, 2.45) is 14.1 Å². The van der Waals surface area contributed by atoms with Crippen molar-refractivity contribution in [2.45, 2.75) is 12.6 Å². The number of aryl methyl sites for hydroxylation is 2. The van der Waals surface area contributed by atoms with Crippen molar-refractivity contribution in [1.29, 1.82) is 0 Å². The van der Waals surface area contributed by atoms with Crippen LogP contribution in [0.3, 0.4) is 0 Å². The molecule has 0 saturated heterocycles. The van der Waals surface area contributed by atoms with E-state index in [4.69, 9.17) is 0 Å². The van der Waals surface area contributed by atoms with Crippen LogP contribution in [-0.4, -0.2) is 31.2 Å². The summed E-state index contributed by atoms with van der Waals surface area (Å²) in [7, 11) is 3.70. The molecule has 0 aliphatic heterocycles. The van der Waals surface area contributed by atoms with Gasteiger partial charge in [0.05, 0.1) is 22.5 Å². The number of aliphatic hydroxyl groups excluding tert-OH is 1. The molecule has 0 fully saturated rings. The Morgan fingerprint density at radius 1 is 1.39 bits per heavy atom. The van der Waals surface area contributed by atoms with E-state index in [0.717, 1.165) is 15.7 Å². The number of rotatable bonds is 5. The average Bonchev–Trinajstić information content (AvgIpc) is 2.86. The number of hydrogen-bond donors (Lipinski definition) is 2. The number of hydrogen-bond acceptors (Lipinski definition) is 4. The first-order chi connectivity index (χ1) is 8.56. The first kappa shape index (κ1) is 13.3. The minimum atomic E-state index is -0.554. The molecule has 2 heterocycles. The summed E-state index contributed by atoms with van der Waals surface area (Å²) in [5, 5.41) is 21.4. The number of aliphatic hydroxyl groups is 1. The van der Waals surface area contributed by atoms with Crippen LogP contribution in [0.15, 0.2) is 23.1 Å². The maximum absolute atomic E-state index is 9.93. The zero-order valence-corrected chi connectivity index (χ0v) is 11.9. The van der Waals surface area contributed by atoms with Crippen molar-refractivity contribution in [3.63, 3.8) is 0 Å². The molecule has 1 atom stereocenters. The maximum Gasteiger partial charge on any atom is 0.0944 e. The zero-order valence-electron chi connectivity index (χ0n) is 10.3. The number of nitrogens with one attached hydrogen (secondary N) is 1. The Morgan fingerprint density at radius 3 is 2.72 bits per heavy atom. The van der Waals surface area contributed by atoms with Gasteiger partial charge in [0.25, 0.3) is 0 Å². The predicted octanol–water partition coefficient (Wildman–Crippen LogP) is 0.739. The first-order valence-electron chi connectivity index (χ1n) is 5.61. The summed E-state index contributed by atoms with van der Waals surface area (Å²) in [6.07, 6.45) is 4.82. The van der Waals surface area contributed by atoms with E-state index >= 15 is 0 Å². The molecule has 0 aromatic carbocycles. The van der Waals surface area contributed by atoms with Gasteiger partial charge in [-0.25, -0.2) is 0 Å². The van der Waals surface area contributed by atoms with Gasteiger partial charge in [0, 0.05) is 45.1 Å². The summed E-state index contributed by atoms with van der Waals surface area (Å²) < 4.78 is 4.39. The Labute approximate surface area is 114 Å². The maximum atomic E-state index is 9.93. The molecule has 2 rings (SSSR count). The normalized spacial score (nSPS) is 12.9. The minimum Gasteiger partial charge on any atom is -0.387 e. The van der Waals surface area contributed by atoms with Gasteiger partial charge in [-0.3, -0.25) is 9.36 Å². The highest BCUT2D eigenvalue weighted by Gasteiger charge is 2.10. The standard InChI is InChI=1S/C11H16BrN5O/c1-16-6-8(3-14-16)11(18)5-13-4-10-9(12)7-17(2)15-10/h3,6-7,11,13,18H,4-5H2,1-2H3. The quantitative estimate of drug-likeness (QED) is 0.854. The van der Waals surface area contributed by atoms with Crippen LogP contribution in [0.25, 0.3) is 0 Å². The molecule has 0 saturated carbocycles. The second kappa shape index (κ2) is 5.64. The van der Waals surface area contributed by atoms with E-state index in [1.807, 2.05) is 26.5 Å². The second-order valence-electron chi connectivity index (χ2n) is 4.19. The summed E-state index contributed by atoms with van der Waals surface area (Å²) in [4.78, 5) is 0. The van der Waals surface area contributed by atoms with Crippen molar-refractivity contribution in [1.82, 2.24) is 24.9 Å². The lowest BCUT2D eigenvalue weighted by Crippen LogP contribution is -2.21. The van der Waals surface area contributed by atoms with Crippen LogP contribution in [0.2, 0.25) is 0 Å². The van der Waals surface area contributed by atoms with Gasteiger partial charge in [0.2, 0.25) is 0 Å². The van der Waals surface area contributed by atoms with E-state index in [1.165, 1.54) is 0 Å². The molecule has 1 unspecified atom stereocenters. The van der Waals surface area contributed by atoms with Crippen molar-refractivity contribution in [3.05, 3.63) is 34.3 Å². The third kappa shape index (κ3) is 3.18. The lowest BCUT2D eigenvalue weighted by atomic mass is 10.2. The molecule has 0 amide bonds. The molecule has 0 aliphatic carbocycles. The van der Waals surface area contributed by atoms with Crippen molar-refractivity contribution in [2.75, 3.05) is 6.54 Å². The summed E-state index contributed by atoms with van der Waals surface area (Å²) in [6.45, 7) is 1.08. The number of aromatic nitrogens is 4. The summed E-state index contributed by atoms with van der Waals surface area (Å²) in [5.41, 5.74) is 1.74. The smallest absolute Gasteiger partial charge is 0.0944 e. The highest BCUT2D eigenvalue weighted by Crippen LogP contribution is 2.14. The zero-order chi connectivity index (χ0) is 13.1. The fraction of sp³-hybridized carbons (Fsp3) is 0.455. The van der Waals surface area contributed by atoms with E-state index in [-0.39, 0.29) is 0 Å². The number of nitrogens with zero attached hydrogens (tertiary/aromatic N) is 4. The van der Waals surface area contributed by atoms with Crippen molar-refractivity contribution < 1.29 is 5.11 Å². The molecule has 6 nitrogen and oxygen atoms in total. The average molecular weight is 314 g/mol. The van der Waals surface area contributed by atoms with Gasteiger partial charge < -0.3 is 10.4 Å². The lowest BCUT2D eigenvalue weighted by Gasteiger charge is -2.09. The predicted molar refractivity (Wildman–Crippen MR) is 70.8 cm³/mol. The molecule has 0 aliphatic rings. The molecule has 2 aromatic rings. The molecular weight excluding hydrogens is 298 g/mol. The van der Waals surface area contributed by atoms with Gasteiger partial charge in [-0.15, -0.1) is 0 Å². The molecule has 98 valence electrons. The van der Waals surface area contributed by atoms with Gasteiger partial charge in [0.1, 0.15) is 0 Å². The molecule has 0 bridgehead atoms. The van der Waals surface area contributed by atoms with Crippen LogP contribution in [0.1, 0.15) is 17.4 Å². The van der Waals surface area contributed by atoms with Crippen molar-refractivity contribution in [3.8, 4) is 0 Å². The molecule has 2 aromatic heterocycles. The molecular formula is C11H16BrN5O. The van der Waals surface area contributed by atoms with E-state index in [2.05, 4.69) is 31.4 Å². The van der Waals surface area contributed by atoms with Gasteiger partial charge >= 0.3 is 0 Å². The highest BCUT2D eigenvalue weighted by atomic mass is 79.9. The summed E-state index contributed by atoms with van der Waals surface area (Å²) in [6, 6.07) is 0. The highest BCUT2D eigenvalue weighted by molar-refractivity contribution is 9.10. The lowest BCUT2D eigenvalue weighted by molar-refractivity contribution is 0.174. The van der Waals surface area contributed by atoms with Gasteiger partial charge in [-0.1, -0.05) is 0 Å². The Kier molecular flexibility index (Phi) is 4.15. The molecule has 0 spiro atoms. The van der Waals surface area contributed by atoms with Crippen LogP contribution < -0.4 is 5.32 Å². The molecule has 18 heavy (non-hydrogen) atoms. The minimum absolute atomic E-state index is 0.467. The van der Waals surface area contributed by atoms with E-state index < -0.39 is 6.10 Å². The van der Waals surface area contributed by atoms with Gasteiger partial charge in [-0.05, 0) is 15.9 Å². The van der Waals surface area contributed by atoms with Gasteiger partial charge in [0.15, 0.2) is 0 Å². The summed E-state index contributed by atoms with van der Waals surface area (Å²) >= 11 is 3.43. The molecule has 0 radical (unpaired) electrons. The van der Waals surface area contributed by atoms with Crippen LogP contribution in [0.4, 0.5) is 0 Å². The third-order valence-electron chi connectivity index (χ3n) is 2.59. The Morgan fingerprint density at radius 2 is 2.17 bits per heavy atom. The Hall–Kier alpha value is -1.18. The fourth-order valence-corrected chi connectivity index (χ4v) is 2.20. The third-order valence-corrected chi connectivity index (χ3v) is 3.26. The van der Waals surface area contributed by atoms with Crippen LogP contribution in [0, 0.1) is 0 Å². The second-order valence-corrected chi connectivity index (χ2v) is 5.05. The van der Waals surface area contributed by atoms with Crippen LogP contribution >= 0.6 is 15.9 Å². The van der Waals surface area contributed by atoms with Crippen LogP contribution in [0.5, 0.6) is 0 Å². The summed E-state index contributed by atoms with van der Waals surface area (Å²) in [5.74, 6) is 0. The first-order valence-corrected chi connectivity index (χ1v) is 6.41. The van der Waals surface area contributed by atoms with E-state index in [0.29, 0.717) is 13.1 Å². The SMILES string of the molecule is Cn1cc(C(O)CNCc2nn(C)cc2Br)cn1. The number of halogens is 1.